The van der Waals surface area contributed by atoms with E-state index in [1.165, 1.54) is 0 Å². The molecule has 0 atom stereocenters. The average Bonchev–Trinajstić information content (AvgIpc) is 3.21. The maximum atomic E-state index is 10.5. The summed E-state index contributed by atoms with van der Waals surface area (Å²) in [7, 11) is 3.24. The van der Waals surface area contributed by atoms with Crippen molar-refractivity contribution in [3.8, 4) is 5.88 Å². The molecule has 0 fully saturated rings. The molecule has 0 bridgehead atoms. The lowest BCUT2D eigenvalue weighted by Crippen LogP contribution is -2.09. The van der Waals surface area contributed by atoms with Crippen LogP contribution in [0, 0.1) is 0 Å². The summed E-state index contributed by atoms with van der Waals surface area (Å²) in [6.45, 7) is 1.93. The number of nitrogens with one attached hydrogen (secondary N) is 1. The molecule has 3 aromatic rings. The molecule has 3 aromatic heterocycles. The molecule has 0 aromatic carbocycles. The summed E-state index contributed by atoms with van der Waals surface area (Å²) in [5.74, 6) is 0.0554. The molecule has 3 heterocycles. The lowest BCUT2D eigenvalue weighted by atomic mass is 10.2. The first kappa shape index (κ1) is 17.1. The Balaban J connectivity index is 2.00. The molecule has 0 saturated carbocycles. The average molecular weight is 343 g/mol. The summed E-state index contributed by atoms with van der Waals surface area (Å²) >= 11 is 0. The highest BCUT2D eigenvalue weighted by atomic mass is 16.5. The number of fused-ring (bicyclic) bond motifs is 1. The van der Waals surface area contributed by atoms with E-state index in [1.54, 1.807) is 31.3 Å². The van der Waals surface area contributed by atoms with E-state index in [-0.39, 0.29) is 5.88 Å². The maximum Gasteiger partial charge on any atom is 0.221 e. The second kappa shape index (κ2) is 7.91. The van der Waals surface area contributed by atoms with Crippen molar-refractivity contribution in [3.05, 3.63) is 42.1 Å². The second-order valence-corrected chi connectivity index (χ2v) is 5.45. The lowest BCUT2D eigenvalue weighted by molar-refractivity contribution is 0.184. The van der Waals surface area contributed by atoms with Crippen LogP contribution in [-0.2, 0) is 16.0 Å². The highest BCUT2D eigenvalue weighted by molar-refractivity contribution is 6.13. The molecule has 0 spiro atoms. The van der Waals surface area contributed by atoms with Crippen LogP contribution in [0.15, 0.2) is 35.7 Å². The summed E-state index contributed by atoms with van der Waals surface area (Å²) in [6, 6.07) is 5.78. The van der Waals surface area contributed by atoms with Gasteiger partial charge in [-0.1, -0.05) is 0 Å². The second-order valence-electron chi connectivity index (χ2n) is 5.45. The van der Waals surface area contributed by atoms with Crippen LogP contribution in [0.4, 0.5) is 0 Å². The fraction of sp³-hybridized carbons (Fsp3) is 0.353. The van der Waals surface area contributed by atoms with Crippen molar-refractivity contribution < 1.29 is 14.6 Å². The first-order valence-electron chi connectivity index (χ1n) is 7.95. The van der Waals surface area contributed by atoms with Crippen LogP contribution in [0.2, 0.25) is 0 Å². The third-order valence-corrected chi connectivity index (χ3v) is 3.78. The smallest absolute Gasteiger partial charge is 0.221 e. The molecule has 132 valence electrons. The number of ether oxygens (including phenoxy) is 2. The predicted octanol–water partition coefficient (Wildman–Crippen LogP) is 1.60. The highest BCUT2D eigenvalue weighted by Crippen LogP contribution is 2.22. The van der Waals surface area contributed by atoms with E-state index in [4.69, 9.17) is 9.47 Å². The van der Waals surface area contributed by atoms with Crippen molar-refractivity contribution in [2.24, 2.45) is 4.99 Å². The molecular formula is C17H21N5O3. The van der Waals surface area contributed by atoms with Gasteiger partial charge < -0.3 is 19.6 Å². The first-order chi connectivity index (χ1) is 12.2. The number of hydrogen-bond acceptors (Lipinski definition) is 6. The first-order valence-corrected chi connectivity index (χ1v) is 7.95. The van der Waals surface area contributed by atoms with Crippen molar-refractivity contribution in [1.29, 1.82) is 0 Å². The third-order valence-electron chi connectivity index (χ3n) is 3.78. The quantitative estimate of drug-likeness (QED) is 0.478. The van der Waals surface area contributed by atoms with Gasteiger partial charge in [-0.2, -0.15) is 0 Å². The molecule has 0 aliphatic carbocycles. The monoisotopic (exact) mass is 343 g/mol. The summed E-state index contributed by atoms with van der Waals surface area (Å²) < 4.78 is 11.8. The Bertz CT molecular complexity index is 835. The molecule has 0 saturated heterocycles. The van der Waals surface area contributed by atoms with E-state index in [0.29, 0.717) is 37.7 Å². The molecule has 8 heteroatoms. The minimum atomic E-state index is 0.0554. The number of H-pyrrole nitrogens is 1. The van der Waals surface area contributed by atoms with Gasteiger partial charge in [0.1, 0.15) is 11.4 Å². The Morgan fingerprint density at radius 1 is 1.28 bits per heavy atom. The van der Waals surface area contributed by atoms with Crippen LogP contribution in [0.3, 0.4) is 0 Å². The topological polar surface area (TPSA) is 97.6 Å². The van der Waals surface area contributed by atoms with E-state index in [2.05, 4.69) is 19.9 Å². The largest absolute Gasteiger partial charge is 0.493 e. The minimum absolute atomic E-state index is 0.0554. The summed E-state index contributed by atoms with van der Waals surface area (Å²) in [4.78, 5) is 16.4. The number of imidazole rings is 1. The Morgan fingerprint density at radius 2 is 2.12 bits per heavy atom. The molecule has 3 rings (SSSR count). The number of rotatable bonds is 8. The molecule has 8 nitrogen and oxygen atoms in total. The molecule has 0 aliphatic rings. The van der Waals surface area contributed by atoms with Gasteiger partial charge in [-0.25, -0.2) is 9.97 Å². The third kappa shape index (κ3) is 3.70. The maximum absolute atomic E-state index is 10.5. The van der Waals surface area contributed by atoms with Gasteiger partial charge in [-0.15, -0.1) is 0 Å². The van der Waals surface area contributed by atoms with E-state index in [0.717, 1.165) is 16.7 Å². The Labute approximate surface area is 145 Å². The van der Waals surface area contributed by atoms with Crippen molar-refractivity contribution in [2.75, 3.05) is 34.0 Å². The summed E-state index contributed by atoms with van der Waals surface area (Å²) in [5, 5.41) is 11.5. The van der Waals surface area contributed by atoms with Crippen LogP contribution >= 0.6 is 0 Å². The van der Waals surface area contributed by atoms with Gasteiger partial charge in [0.25, 0.3) is 0 Å². The van der Waals surface area contributed by atoms with E-state index < -0.39 is 0 Å². The Hall–Kier alpha value is -2.71. The zero-order valence-electron chi connectivity index (χ0n) is 14.3. The van der Waals surface area contributed by atoms with Gasteiger partial charge in [-0.3, -0.25) is 9.56 Å². The lowest BCUT2D eigenvalue weighted by Gasteiger charge is -2.05. The molecule has 0 radical (unpaired) electrons. The number of aromatic nitrogens is 4. The van der Waals surface area contributed by atoms with Crippen LogP contribution in [-0.4, -0.2) is 64.3 Å². The van der Waals surface area contributed by atoms with Crippen molar-refractivity contribution >= 4 is 16.7 Å². The van der Waals surface area contributed by atoms with Gasteiger partial charge in [-0.05, 0) is 18.2 Å². The fourth-order valence-electron chi connectivity index (χ4n) is 2.52. The van der Waals surface area contributed by atoms with Crippen molar-refractivity contribution in [2.45, 2.75) is 6.54 Å². The van der Waals surface area contributed by atoms with Crippen LogP contribution in [0.5, 0.6) is 5.88 Å². The van der Waals surface area contributed by atoms with Gasteiger partial charge >= 0.3 is 0 Å². The highest BCUT2D eigenvalue weighted by Gasteiger charge is 2.19. The predicted molar refractivity (Wildman–Crippen MR) is 94.2 cm³/mol. The number of aliphatic imine (C=N–C) groups is 1. The van der Waals surface area contributed by atoms with Gasteiger partial charge in [0.05, 0.1) is 38.3 Å². The van der Waals surface area contributed by atoms with Crippen molar-refractivity contribution in [3.63, 3.8) is 0 Å². The number of pyridine rings is 1. The van der Waals surface area contributed by atoms with Crippen molar-refractivity contribution in [1.82, 2.24) is 19.5 Å². The SMILES string of the molecule is COCCN=C(c1cc2cccnc2[nH]1)c1ncn(CCOC)c1O. The molecule has 25 heavy (non-hydrogen) atoms. The molecule has 0 unspecified atom stereocenters. The van der Waals surface area contributed by atoms with E-state index in [1.807, 2.05) is 18.2 Å². The zero-order chi connectivity index (χ0) is 17.6. The number of nitrogens with zero attached hydrogens (tertiary/aromatic N) is 4. The summed E-state index contributed by atoms with van der Waals surface area (Å²) in [6.07, 6.45) is 3.30. The van der Waals surface area contributed by atoms with Crippen LogP contribution in [0.1, 0.15) is 11.4 Å². The molecule has 0 aliphatic heterocycles. The normalized spacial score (nSPS) is 12.2. The fourth-order valence-corrected chi connectivity index (χ4v) is 2.52. The number of aromatic hydroxyl groups is 1. The number of hydrogen-bond donors (Lipinski definition) is 2. The molecular weight excluding hydrogens is 322 g/mol. The number of aromatic amines is 1. The standard InChI is InChI=1S/C17H21N5O3/c1-24-8-6-18-14(13-10-12-4-3-5-19-16(12)21-13)15-17(23)22(11-20-15)7-9-25-2/h3-5,10-11,23H,6-9H2,1-2H3,(H,19,21). The zero-order valence-corrected chi connectivity index (χ0v) is 14.3. The van der Waals surface area contributed by atoms with E-state index in [9.17, 15) is 5.11 Å². The number of methoxy groups -OCH3 is 2. The summed E-state index contributed by atoms with van der Waals surface area (Å²) in [5.41, 5.74) is 2.50. The van der Waals surface area contributed by atoms with Gasteiger partial charge in [0.15, 0.2) is 5.69 Å². The van der Waals surface area contributed by atoms with Gasteiger partial charge in [0.2, 0.25) is 5.88 Å². The van der Waals surface area contributed by atoms with Crippen LogP contribution < -0.4 is 0 Å². The Morgan fingerprint density at radius 3 is 2.88 bits per heavy atom. The Kier molecular flexibility index (Phi) is 5.42. The van der Waals surface area contributed by atoms with Crippen LogP contribution in [0.25, 0.3) is 11.0 Å². The molecule has 0 amide bonds. The molecule has 2 N–H and O–H groups in total. The van der Waals surface area contributed by atoms with Gasteiger partial charge in [0, 0.05) is 25.8 Å². The van der Waals surface area contributed by atoms with E-state index >= 15 is 0 Å². The minimum Gasteiger partial charge on any atom is -0.493 e.